The lowest BCUT2D eigenvalue weighted by Gasteiger charge is -2.26. The lowest BCUT2D eigenvalue weighted by molar-refractivity contribution is -0.186. The largest absolute Gasteiger partial charge is 0.462 e. The Kier molecular flexibility index (Phi) is 6.57. The minimum absolute atomic E-state index is 0.187. The zero-order valence-corrected chi connectivity index (χ0v) is 12.5. The van der Waals surface area contributed by atoms with Crippen LogP contribution in [0.15, 0.2) is 0 Å². The van der Waals surface area contributed by atoms with Crippen molar-refractivity contribution in [3.8, 4) is 0 Å². The number of hydrogen-bond acceptors (Lipinski definition) is 8. The molecule has 0 bridgehead atoms. The van der Waals surface area contributed by atoms with Crippen LogP contribution >= 0.6 is 0 Å². The Morgan fingerprint density at radius 3 is 2.29 bits per heavy atom. The molecule has 0 aliphatic carbocycles. The van der Waals surface area contributed by atoms with Gasteiger partial charge in [-0.2, -0.15) is 0 Å². The SMILES string of the molecule is CO[C@H]1C[C@@H](OC(C)=O)[C@H]([C@H](COC(C)=O)OC(C)=O)O1. The van der Waals surface area contributed by atoms with Gasteiger partial charge in [0.05, 0.1) is 0 Å². The lowest BCUT2D eigenvalue weighted by Crippen LogP contribution is -2.42. The van der Waals surface area contributed by atoms with Crippen molar-refractivity contribution in [3.63, 3.8) is 0 Å². The summed E-state index contributed by atoms with van der Waals surface area (Å²) in [4.78, 5) is 33.2. The molecule has 4 atom stereocenters. The van der Waals surface area contributed by atoms with E-state index in [4.69, 9.17) is 23.7 Å². The highest BCUT2D eigenvalue weighted by Crippen LogP contribution is 2.28. The van der Waals surface area contributed by atoms with Crippen LogP contribution in [-0.4, -0.2) is 56.2 Å². The van der Waals surface area contributed by atoms with Gasteiger partial charge in [-0.25, -0.2) is 0 Å². The first kappa shape index (κ1) is 17.4. The molecule has 1 rings (SSSR count). The van der Waals surface area contributed by atoms with E-state index in [0.29, 0.717) is 6.42 Å². The molecule has 1 fully saturated rings. The molecule has 1 aliphatic heterocycles. The van der Waals surface area contributed by atoms with Crippen LogP contribution in [0.25, 0.3) is 0 Å². The van der Waals surface area contributed by atoms with E-state index in [0.717, 1.165) is 0 Å². The highest BCUT2D eigenvalue weighted by Gasteiger charge is 2.44. The summed E-state index contributed by atoms with van der Waals surface area (Å²) < 4.78 is 25.7. The normalized spacial score (nSPS) is 26.0. The first-order chi connectivity index (χ1) is 9.83. The predicted molar refractivity (Wildman–Crippen MR) is 68.0 cm³/mol. The molecule has 0 N–H and O–H groups in total. The van der Waals surface area contributed by atoms with Gasteiger partial charge < -0.3 is 23.7 Å². The number of esters is 3. The molecule has 0 amide bonds. The van der Waals surface area contributed by atoms with Crippen LogP contribution in [0.4, 0.5) is 0 Å². The van der Waals surface area contributed by atoms with E-state index in [9.17, 15) is 14.4 Å². The van der Waals surface area contributed by atoms with Crippen molar-refractivity contribution < 1.29 is 38.1 Å². The van der Waals surface area contributed by atoms with Crippen LogP contribution in [0.1, 0.15) is 27.2 Å². The van der Waals surface area contributed by atoms with Crippen molar-refractivity contribution in [2.24, 2.45) is 0 Å². The van der Waals surface area contributed by atoms with Crippen LogP contribution < -0.4 is 0 Å². The molecule has 0 aromatic carbocycles. The summed E-state index contributed by atoms with van der Waals surface area (Å²) in [7, 11) is 1.45. The van der Waals surface area contributed by atoms with E-state index >= 15 is 0 Å². The van der Waals surface area contributed by atoms with E-state index in [1.54, 1.807) is 0 Å². The summed E-state index contributed by atoms with van der Waals surface area (Å²) in [6.45, 7) is 3.55. The van der Waals surface area contributed by atoms with Gasteiger partial charge in [0.1, 0.15) is 18.8 Å². The lowest BCUT2D eigenvalue weighted by atomic mass is 10.1. The van der Waals surface area contributed by atoms with Gasteiger partial charge in [-0.15, -0.1) is 0 Å². The molecule has 0 aromatic heterocycles. The molecule has 1 saturated heterocycles. The third-order valence-corrected chi connectivity index (χ3v) is 2.81. The predicted octanol–water partition coefficient (Wildman–Crippen LogP) is 0.174. The average molecular weight is 304 g/mol. The fourth-order valence-corrected chi connectivity index (χ4v) is 2.06. The fourth-order valence-electron chi connectivity index (χ4n) is 2.06. The molecule has 0 radical (unpaired) electrons. The molecular weight excluding hydrogens is 284 g/mol. The maximum Gasteiger partial charge on any atom is 0.303 e. The highest BCUT2D eigenvalue weighted by atomic mass is 16.7. The quantitative estimate of drug-likeness (QED) is 0.506. The van der Waals surface area contributed by atoms with Crippen molar-refractivity contribution in [1.29, 1.82) is 0 Å². The Morgan fingerprint density at radius 2 is 1.81 bits per heavy atom. The Hall–Kier alpha value is -1.67. The molecule has 1 aliphatic rings. The van der Waals surface area contributed by atoms with Crippen molar-refractivity contribution in [1.82, 2.24) is 0 Å². The highest BCUT2D eigenvalue weighted by molar-refractivity contribution is 5.67. The molecule has 1 heterocycles. The topological polar surface area (TPSA) is 97.4 Å². The van der Waals surface area contributed by atoms with Gasteiger partial charge in [0.25, 0.3) is 0 Å². The van der Waals surface area contributed by atoms with Crippen LogP contribution in [0.5, 0.6) is 0 Å². The first-order valence-electron chi connectivity index (χ1n) is 6.49. The standard InChI is InChI=1S/C13H20O8/c1-7(14)18-6-11(20-9(3)16)13-10(19-8(2)15)5-12(17-4)21-13/h10-13H,5-6H2,1-4H3/t10-,11+,12-,13-/m1/s1. The molecular formula is C13H20O8. The number of carbonyl (C=O) groups is 3. The van der Waals surface area contributed by atoms with Crippen LogP contribution in [-0.2, 0) is 38.1 Å². The number of rotatable bonds is 6. The minimum atomic E-state index is -0.879. The van der Waals surface area contributed by atoms with E-state index in [1.807, 2.05) is 0 Å². The Bertz CT molecular complexity index is 394. The second-order valence-electron chi connectivity index (χ2n) is 4.60. The van der Waals surface area contributed by atoms with Gasteiger partial charge in [0, 0.05) is 34.3 Å². The van der Waals surface area contributed by atoms with Crippen LogP contribution in [0.2, 0.25) is 0 Å². The summed E-state index contributed by atoms with van der Waals surface area (Å²) in [6.07, 6.45) is -2.57. The zero-order valence-electron chi connectivity index (χ0n) is 12.5. The summed E-state index contributed by atoms with van der Waals surface area (Å²) in [5.74, 6) is -1.56. The average Bonchev–Trinajstić information content (AvgIpc) is 2.76. The summed E-state index contributed by atoms with van der Waals surface area (Å²) >= 11 is 0. The third kappa shape index (κ3) is 5.68. The molecule has 0 aromatic rings. The van der Waals surface area contributed by atoms with E-state index < -0.39 is 42.5 Å². The molecule has 8 heteroatoms. The van der Waals surface area contributed by atoms with E-state index in [-0.39, 0.29) is 6.61 Å². The van der Waals surface area contributed by atoms with Gasteiger partial charge in [-0.3, -0.25) is 14.4 Å². The van der Waals surface area contributed by atoms with Gasteiger partial charge >= 0.3 is 17.9 Å². The number of hydrogen-bond donors (Lipinski definition) is 0. The Morgan fingerprint density at radius 1 is 1.14 bits per heavy atom. The smallest absolute Gasteiger partial charge is 0.303 e. The molecule has 0 saturated carbocycles. The van der Waals surface area contributed by atoms with E-state index in [2.05, 4.69) is 0 Å². The van der Waals surface area contributed by atoms with Gasteiger partial charge in [-0.1, -0.05) is 0 Å². The summed E-state index contributed by atoms with van der Waals surface area (Å²) in [5.41, 5.74) is 0. The second kappa shape index (κ2) is 7.94. The number of methoxy groups -OCH3 is 1. The molecule has 120 valence electrons. The Balaban J connectivity index is 2.81. The summed E-state index contributed by atoms with van der Waals surface area (Å²) in [6, 6.07) is 0. The van der Waals surface area contributed by atoms with Gasteiger partial charge in [0.2, 0.25) is 0 Å². The second-order valence-corrected chi connectivity index (χ2v) is 4.60. The Labute approximate surface area is 122 Å². The maximum atomic E-state index is 11.2. The number of ether oxygens (including phenoxy) is 5. The maximum absolute atomic E-state index is 11.2. The van der Waals surface area contributed by atoms with Crippen molar-refractivity contribution in [3.05, 3.63) is 0 Å². The van der Waals surface area contributed by atoms with Crippen molar-refractivity contribution >= 4 is 17.9 Å². The summed E-state index contributed by atoms with van der Waals surface area (Å²) in [5, 5.41) is 0. The van der Waals surface area contributed by atoms with E-state index in [1.165, 1.54) is 27.9 Å². The minimum Gasteiger partial charge on any atom is -0.462 e. The van der Waals surface area contributed by atoms with Crippen molar-refractivity contribution in [2.75, 3.05) is 13.7 Å². The molecule has 21 heavy (non-hydrogen) atoms. The fraction of sp³-hybridized carbons (Fsp3) is 0.769. The molecule has 0 unspecified atom stereocenters. The van der Waals surface area contributed by atoms with Crippen LogP contribution in [0, 0.1) is 0 Å². The molecule has 8 nitrogen and oxygen atoms in total. The first-order valence-corrected chi connectivity index (χ1v) is 6.49. The monoisotopic (exact) mass is 304 g/mol. The van der Waals surface area contributed by atoms with Crippen molar-refractivity contribution in [2.45, 2.75) is 51.8 Å². The number of carbonyl (C=O) groups excluding carboxylic acids is 3. The molecule has 0 spiro atoms. The van der Waals surface area contributed by atoms with Gasteiger partial charge in [-0.05, 0) is 0 Å². The van der Waals surface area contributed by atoms with Gasteiger partial charge in [0.15, 0.2) is 12.4 Å². The van der Waals surface area contributed by atoms with Crippen LogP contribution in [0.3, 0.4) is 0 Å². The zero-order chi connectivity index (χ0) is 16.0. The third-order valence-electron chi connectivity index (χ3n) is 2.81.